The monoisotopic (exact) mass is 287 g/mol. The standard InChI is InChI=1S/C14H17N5S/c1-10-9-12(13(15)20)18-14(17-10)19(2)8-5-11-3-6-16-7-4-11/h3-4,6-7,9H,5,8H2,1-2H3,(H2,15,20). The van der Waals surface area contributed by atoms with Crippen LogP contribution in [0.5, 0.6) is 0 Å². The molecule has 5 nitrogen and oxygen atoms in total. The average molecular weight is 287 g/mol. The number of nitrogens with two attached hydrogens (primary N) is 1. The molecule has 0 saturated carbocycles. The van der Waals surface area contributed by atoms with Gasteiger partial charge in [-0.2, -0.15) is 0 Å². The van der Waals surface area contributed by atoms with Gasteiger partial charge in [0.1, 0.15) is 10.7 Å². The van der Waals surface area contributed by atoms with Crippen LogP contribution < -0.4 is 10.6 Å². The summed E-state index contributed by atoms with van der Waals surface area (Å²) in [5.41, 5.74) is 8.33. The van der Waals surface area contributed by atoms with E-state index in [2.05, 4.69) is 15.0 Å². The first-order valence-electron chi connectivity index (χ1n) is 6.32. The highest BCUT2D eigenvalue weighted by Gasteiger charge is 2.09. The molecule has 6 heteroatoms. The number of likely N-dealkylation sites (N-methyl/N-ethyl adjacent to an activating group) is 1. The average Bonchev–Trinajstić information content (AvgIpc) is 2.45. The van der Waals surface area contributed by atoms with Crippen molar-refractivity contribution in [2.45, 2.75) is 13.3 Å². The molecule has 0 aliphatic rings. The Bertz CT molecular complexity index is 600. The maximum atomic E-state index is 5.63. The van der Waals surface area contributed by atoms with Gasteiger partial charge in [-0.3, -0.25) is 4.98 Å². The summed E-state index contributed by atoms with van der Waals surface area (Å²) in [6.45, 7) is 2.72. The van der Waals surface area contributed by atoms with Crippen LogP contribution in [0.15, 0.2) is 30.6 Å². The molecule has 0 unspecified atom stereocenters. The molecule has 0 amide bonds. The molecule has 0 spiro atoms. The van der Waals surface area contributed by atoms with E-state index in [1.54, 1.807) is 18.5 Å². The maximum Gasteiger partial charge on any atom is 0.225 e. The number of anilines is 1. The van der Waals surface area contributed by atoms with E-state index in [9.17, 15) is 0 Å². The number of nitrogens with zero attached hydrogens (tertiary/aromatic N) is 4. The Morgan fingerprint density at radius 2 is 2.00 bits per heavy atom. The van der Waals surface area contributed by atoms with Gasteiger partial charge in [-0.25, -0.2) is 9.97 Å². The summed E-state index contributed by atoms with van der Waals surface area (Å²) in [4.78, 5) is 15.1. The highest BCUT2D eigenvalue weighted by atomic mass is 32.1. The van der Waals surface area contributed by atoms with Gasteiger partial charge in [-0.05, 0) is 37.1 Å². The van der Waals surface area contributed by atoms with Gasteiger partial charge in [0.2, 0.25) is 5.95 Å². The largest absolute Gasteiger partial charge is 0.388 e. The first-order chi connectivity index (χ1) is 9.56. The van der Waals surface area contributed by atoms with Crippen molar-refractivity contribution in [3.8, 4) is 0 Å². The lowest BCUT2D eigenvalue weighted by atomic mass is 10.2. The van der Waals surface area contributed by atoms with E-state index in [1.807, 2.05) is 31.0 Å². The van der Waals surface area contributed by atoms with Crippen molar-refractivity contribution in [2.75, 3.05) is 18.5 Å². The third-order valence-electron chi connectivity index (χ3n) is 2.92. The predicted molar refractivity (Wildman–Crippen MR) is 83.9 cm³/mol. The molecule has 0 atom stereocenters. The Balaban J connectivity index is 2.09. The third kappa shape index (κ3) is 3.71. The first kappa shape index (κ1) is 14.3. The molecule has 2 aromatic heterocycles. The van der Waals surface area contributed by atoms with Crippen LogP contribution in [0.3, 0.4) is 0 Å². The molecule has 0 fully saturated rings. The van der Waals surface area contributed by atoms with Gasteiger partial charge >= 0.3 is 0 Å². The fourth-order valence-corrected chi connectivity index (χ4v) is 1.90. The Labute approximate surface area is 123 Å². The van der Waals surface area contributed by atoms with Crippen LogP contribution >= 0.6 is 12.2 Å². The van der Waals surface area contributed by atoms with Crippen molar-refractivity contribution in [3.63, 3.8) is 0 Å². The van der Waals surface area contributed by atoms with Crippen LogP contribution in [-0.4, -0.2) is 33.5 Å². The smallest absolute Gasteiger partial charge is 0.225 e. The van der Waals surface area contributed by atoms with E-state index >= 15 is 0 Å². The Hall–Kier alpha value is -2.08. The molecule has 2 N–H and O–H groups in total. The zero-order chi connectivity index (χ0) is 14.5. The Kier molecular flexibility index (Phi) is 4.57. The van der Waals surface area contributed by atoms with Gasteiger partial charge in [0.15, 0.2) is 0 Å². The van der Waals surface area contributed by atoms with Crippen LogP contribution in [0.4, 0.5) is 5.95 Å². The topological polar surface area (TPSA) is 67.9 Å². The second kappa shape index (κ2) is 6.38. The van der Waals surface area contributed by atoms with Crippen molar-refractivity contribution in [1.29, 1.82) is 0 Å². The van der Waals surface area contributed by atoms with Crippen molar-refractivity contribution < 1.29 is 0 Å². The quantitative estimate of drug-likeness (QED) is 0.840. The fraction of sp³-hybridized carbons (Fsp3) is 0.286. The molecule has 0 radical (unpaired) electrons. The lowest BCUT2D eigenvalue weighted by molar-refractivity contribution is 0.830. The molecule has 0 bridgehead atoms. The SMILES string of the molecule is Cc1cc(C(N)=S)nc(N(C)CCc2ccncc2)n1. The van der Waals surface area contributed by atoms with E-state index in [0.717, 1.165) is 18.7 Å². The normalized spacial score (nSPS) is 10.3. The van der Waals surface area contributed by atoms with Crippen LogP contribution in [0.2, 0.25) is 0 Å². The lowest BCUT2D eigenvalue weighted by Crippen LogP contribution is -2.24. The minimum atomic E-state index is 0.291. The number of aromatic nitrogens is 3. The summed E-state index contributed by atoms with van der Waals surface area (Å²) in [7, 11) is 1.96. The molecule has 0 aliphatic carbocycles. The van der Waals surface area contributed by atoms with Crippen molar-refractivity contribution in [1.82, 2.24) is 15.0 Å². The molecule has 2 heterocycles. The van der Waals surface area contributed by atoms with Gasteiger partial charge in [0.05, 0.1) is 0 Å². The third-order valence-corrected chi connectivity index (χ3v) is 3.13. The molecular formula is C14H17N5S. The zero-order valence-corrected chi connectivity index (χ0v) is 12.4. The molecule has 0 aromatic carbocycles. The molecule has 104 valence electrons. The minimum absolute atomic E-state index is 0.291. The fourth-order valence-electron chi connectivity index (χ4n) is 1.80. The predicted octanol–water partition coefficient (Wildman–Crippen LogP) is 1.49. The van der Waals surface area contributed by atoms with Gasteiger partial charge < -0.3 is 10.6 Å². The first-order valence-corrected chi connectivity index (χ1v) is 6.72. The maximum absolute atomic E-state index is 5.63. The summed E-state index contributed by atoms with van der Waals surface area (Å²) in [6, 6.07) is 5.80. The highest BCUT2D eigenvalue weighted by Crippen LogP contribution is 2.10. The Morgan fingerprint density at radius 3 is 2.65 bits per heavy atom. The van der Waals surface area contributed by atoms with Crippen molar-refractivity contribution >= 4 is 23.2 Å². The molecule has 0 saturated heterocycles. The van der Waals surface area contributed by atoms with Gasteiger partial charge in [0.25, 0.3) is 0 Å². The van der Waals surface area contributed by atoms with Gasteiger partial charge in [-0.1, -0.05) is 12.2 Å². The minimum Gasteiger partial charge on any atom is -0.388 e. The van der Waals surface area contributed by atoms with E-state index in [4.69, 9.17) is 18.0 Å². The van der Waals surface area contributed by atoms with E-state index in [0.29, 0.717) is 16.6 Å². The number of aryl methyl sites for hydroxylation is 1. The molecule has 2 aromatic rings. The second-order valence-electron chi connectivity index (χ2n) is 4.59. The van der Waals surface area contributed by atoms with Gasteiger partial charge in [0, 0.05) is 31.7 Å². The van der Waals surface area contributed by atoms with Crippen molar-refractivity contribution in [2.24, 2.45) is 5.73 Å². The number of hydrogen-bond donors (Lipinski definition) is 1. The summed E-state index contributed by atoms with van der Waals surface area (Å²) >= 11 is 4.97. The highest BCUT2D eigenvalue weighted by molar-refractivity contribution is 7.80. The molecule has 2 rings (SSSR count). The number of hydrogen-bond acceptors (Lipinski definition) is 5. The zero-order valence-electron chi connectivity index (χ0n) is 11.6. The van der Waals surface area contributed by atoms with Crippen LogP contribution in [0.25, 0.3) is 0 Å². The van der Waals surface area contributed by atoms with E-state index < -0.39 is 0 Å². The lowest BCUT2D eigenvalue weighted by Gasteiger charge is -2.18. The second-order valence-corrected chi connectivity index (χ2v) is 5.03. The molecular weight excluding hydrogens is 270 g/mol. The van der Waals surface area contributed by atoms with Gasteiger partial charge in [-0.15, -0.1) is 0 Å². The molecule has 20 heavy (non-hydrogen) atoms. The van der Waals surface area contributed by atoms with E-state index in [1.165, 1.54) is 5.56 Å². The summed E-state index contributed by atoms with van der Waals surface area (Å²) in [5.74, 6) is 0.641. The number of rotatable bonds is 5. The summed E-state index contributed by atoms with van der Waals surface area (Å²) < 4.78 is 0. The van der Waals surface area contributed by atoms with E-state index in [-0.39, 0.29) is 0 Å². The summed E-state index contributed by atoms with van der Waals surface area (Å²) in [6.07, 6.45) is 4.49. The van der Waals surface area contributed by atoms with Crippen LogP contribution in [-0.2, 0) is 6.42 Å². The Morgan fingerprint density at radius 1 is 1.30 bits per heavy atom. The number of pyridine rings is 1. The van der Waals surface area contributed by atoms with Crippen LogP contribution in [0.1, 0.15) is 17.0 Å². The van der Waals surface area contributed by atoms with Crippen molar-refractivity contribution in [3.05, 3.63) is 47.5 Å². The number of thiocarbonyl (C=S) groups is 1. The molecule has 0 aliphatic heterocycles. The summed E-state index contributed by atoms with van der Waals surface area (Å²) in [5, 5.41) is 0. The van der Waals surface area contributed by atoms with Crippen LogP contribution in [0, 0.1) is 6.92 Å².